The molecule has 0 spiro atoms. The van der Waals surface area contributed by atoms with Gasteiger partial charge >= 0.3 is 5.69 Å². The lowest BCUT2D eigenvalue weighted by Crippen LogP contribution is -2.30. The maximum atomic E-state index is 12.5. The van der Waals surface area contributed by atoms with Gasteiger partial charge in [0, 0.05) is 31.3 Å². The average Bonchev–Trinajstić information content (AvgIpc) is 3.18. The van der Waals surface area contributed by atoms with Gasteiger partial charge < -0.3 is 19.5 Å². The molecule has 0 amide bonds. The molecule has 7 heteroatoms. The zero-order valence-electron chi connectivity index (χ0n) is 15.1. The number of aromatic nitrogens is 2. The molecule has 0 saturated carbocycles. The van der Waals surface area contributed by atoms with E-state index >= 15 is 0 Å². The molecule has 1 fully saturated rings. The second-order valence-electron chi connectivity index (χ2n) is 6.59. The van der Waals surface area contributed by atoms with Crippen molar-refractivity contribution in [1.29, 1.82) is 0 Å². The molecule has 138 valence electrons. The SMILES string of the molecule is COc1cc2c(cc1OC)-c1cc(NC[C@@H]3CCCO3)nc(=O)n1CC2. The van der Waals surface area contributed by atoms with Crippen LogP contribution in [0.2, 0.25) is 0 Å². The highest BCUT2D eigenvalue weighted by Gasteiger charge is 2.22. The number of fused-ring (bicyclic) bond motifs is 3. The minimum atomic E-state index is -0.238. The van der Waals surface area contributed by atoms with Gasteiger partial charge in [-0.05, 0) is 37.0 Å². The number of anilines is 1. The number of benzene rings is 1. The number of hydrogen-bond acceptors (Lipinski definition) is 6. The van der Waals surface area contributed by atoms with Crippen molar-refractivity contribution in [3.63, 3.8) is 0 Å². The fourth-order valence-corrected chi connectivity index (χ4v) is 3.66. The summed E-state index contributed by atoms with van der Waals surface area (Å²) >= 11 is 0. The van der Waals surface area contributed by atoms with Crippen LogP contribution in [0.1, 0.15) is 18.4 Å². The zero-order valence-corrected chi connectivity index (χ0v) is 15.1. The van der Waals surface area contributed by atoms with Crippen LogP contribution in [0.5, 0.6) is 11.5 Å². The molecule has 0 bridgehead atoms. The Bertz CT molecular complexity index is 872. The lowest BCUT2D eigenvalue weighted by atomic mass is 9.97. The minimum absolute atomic E-state index is 0.187. The van der Waals surface area contributed by atoms with E-state index in [1.54, 1.807) is 18.8 Å². The van der Waals surface area contributed by atoms with Crippen LogP contribution < -0.4 is 20.5 Å². The van der Waals surface area contributed by atoms with Crippen LogP contribution in [0, 0.1) is 0 Å². The average molecular weight is 357 g/mol. The molecule has 1 aromatic carbocycles. The number of nitrogens with one attached hydrogen (secondary N) is 1. The number of methoxy groups -OCH3 is 2. The Hall–Kier alpha value is -2.54. The third-order valence-corrected chi connectivity index (χ3v) is 5.04. The van der Waals surface area contributed by atoms with Gasteiger partial charge in [0.15, 0.2) is 11.5 Å². The molecule has 2 aliphatic heterocycles. The zero-order chi connectivity index (χ0) is 18.1. The third kappa shape index (κ3) is 3.03. The predicted octanol–water partition coefficient (Wildman–Crippen LogP) is 2.07. The van der Waals surface area contributed by atoms with E-state index in [1.165, 1.54) is 0 Å². The first-order valence-corrected chi connectivity index (χ1v) is 8.92. The van der Waals surface area contributed by atoms with Gasteiger partial charge in [0.1, 0.15) is 5.82 Å². The van der Waals surface area contributed by atoms with Crippen LogP contribution in [0.4, 0.5) is 5.82 Å². The van der Waals surface area contributed by atoms with E-state index in [4.69, 9.17) is 14.2 Å². The van der Waals surface area contributed by atoms with E-state index in [0.29, 0.717) is 30.4 Å². The lowest BCUT2D eigenvalue weighted by Gasteiger charge is -2.23. The molecule has 26 heavy (non-hydrogen) atoms. The molecule has 7 nitrogen and oxygen atoms in total. The van der Waals surface area contributed by atoms with Crippen molar-refractivity contribution >= 4 is 5.82 Å². The summed E-state index contributed by atoms with van der Waals surface area (Å²) in [6, 6.07) is 5.85. The Morgan fingerprint density at radius 2 is 2.08 bits per heavy atom. The number of aryl methyl sites for hydroxylation is 1. The third-order valence-electron chi connectivity index (χ3n) is 5.04. The molecular weight excluding hydrogens is 334 g/mol. The Kier molecular flexibility index (Phi) is 4.55. The van der Waals surface area contributed by atoms with Gasteiger partial charge in [-0.2, -0.15) is 4.98 Å². The summed E-state index contributed by atoms with van der Waals surface area (Å²) in [4.78, 5) is 16.7. The van der Waals surface area contributed by atoms with Crippen molar-refractivity contribution in [2.75, 3.05) is 32.7 Å². The Morgan fingerprint density at radius 1 is 1.27 bits per heavy atom. The molecule has 2 aliphatic rings. The maximum Gasteiger partial charge on any atom is 0.349 e. The quantitative estimate of drug-likeness (QED) is 0.883. The van der Waals surface area contributed by atoms with E-state index < -0.39 is 0 Å². The van der Waals surface area contributed by atoms with E-state index in [-0.39, 0.29) is 11.8 Å². The molecule has 2 aromatic rings. The number of nitrogens with zero attached hydrogens (tertiary/aromatic N) is 2. The Morgan fingerprint density at radius 3 is 2.81 bits per heavy atom. The van der Waals surface area contributed by atoms with Gasteiger partial charge in [-0.25, -0.2) is 4.79 Å². The van der Waals surface area contributed by atoms with E-state index in [2.05, 4.69) is 10.3 Å². The monoisotopic (exact) mass is 357 g/mol. The standard InChI is InChI=1S/C19H23N3O4/c1-24-16-8-12-5-6-22-15(14(12)9-17(16)25-2)10-18(21-19(22)23)20-11-13-4-3-7-26-13/h8-10,13H,3-7,11H2,1-2H3,(H,20,21,23)/t13-/m0/s1. The fourth-order valence-electron chi connectivity index (χ4n) is 3.66. The highest BCUT2D eigenvalue weighted by Crippen LogP contribution is 2.38. The van der Waals surface area contributed by atoms with Gasteiger partial charge in [0.25, 0.3) is 0 Å². The first kappa shape index (κ1) is 16.9. The highest BCUT2D eigenvalue weighted by atomic mass is 16.5. The summed E-state index contributed by atoms with van der Waals surface area (Å²) in [7, 11) is 3.24. The van der Waals surface area contributed by atoms with E-state index in [0.717, 1.165) is 42.7 Å². The molecule has 0 unspecified atom stereocenters. The van der Waals surface area contributed by atoms with Crippen LogP contribution in [0.3, 0.4) is 0 Å². The summed E-state index contributed by atoms with van der Waals surface area (Å²) in [5.41, 5.74) is 2.73. The van der Waals surface area contributed by atoms with Crippen molar-refractivity contribution in [3.8, 4) is 22.8 Å². The summed E-state index contributed by atoms with van der Waals surface area (Å²) < 4.78 is 18.2. The fraction of sp³-hybridized carbons (Fsp3) is 0.474. The van der Waals surface area contributed by atoms with Crippen molar-refractivity contribution in [2.24, 2.45) is 0 Å². The molecule has 1 N–H and O–H groups in total. The number of rotatable bonds is 5. The second kappa shape index (κ2) is 6.99. The second-order valence-corrected chi connectivity index (χ2v) is 6.59. The Balaban J connectivity index is 1.70. The number of hydrogen-bond donors (Lipinski definition) is 1. The summed E-state index contributed by atoms with van der Waals surface area (Å²) in [5.74, 6) is 1.94. The summed E-state index contributed by atoms with van der Waals surface area (Å²) in [5, 5.41) is 3.25. The minimum Gasteiger partial charge on any atom is -0.493 e. The van der Waals surface area contributed by atoms with Gasteiger partial charge in [-0.1, -0.05) is 0 Å². The van der Waals surface area contributed by atoms with Crippen molar-refractivity contribution in [1.82, 2.24) is 9.55 Å². The van der Waals surface area contributed by atoms with Gasteiger partial charge in [-0.3, -0.25) is 4.57 Å². The first-order valence-electron chi connectivity index (χ1n) is 8.92. The molecule has 0 aliphatic carbocycles. The summed E-state index contributed by atoms with van der Waals surface area (Å²) in [6.45, 7) is 2.08. The molecule has 3 heterocycles. The van der Waals surface area contributed by atoms with Crippen LogP contribution in [-0.2, 0) is 17.7 Å². The topological polar surface area (TPSA) is 74.6 Å². The Labute approximate surface area is 151 Å². The molecule has 1 aromatic heterocycles. The van der Waals surface area contributed by atoms with Crippen LogP contribution in [-0.4, -0.2) is 43.0 Å². The first-order chi connectivity index (χ1) is 12.7. The van der Waals surface area contributed by atoms with Gasteiger partial charge in [0.2, 0.25) is 0 Å². The molecule has 0 radical (unpaired) electrons. The van der Waals surface area contributed by atoms with Gasteiger partial charge in [0.05, 0.1) is 26.0 Å². The maximum absolute atomic E-state index is 12.5. The molecular formula is C19H23N3O4. The van der Waals surface area contributed by atoms with Crippen LogP contribution in [0.25, 0.3) is 11.3 Å². The molecule has 1 atom stereocenters. The van der Waals surface area contributed by atoms with Crippen molar-refractivity contribution < 1.29 is 14.2 Å². The highest BCUT2D eigenvalue weighted by molar-refractivity contribution is 5.71. The molecule has 1 saturated heterocycles. The van der Waals surface area contributed by atoms with E-state index in [9.17, 15) is 4.79 Å². The van der Waals surface area contributed by atoms with Crippen molar-refractivity contribution in [2.45, 2.75) is 31.9 Å². The van der Waals surface area contributed by atoms with Crippen LogP contribution >= 0.6 is 0 Å². The number of ether oxygens (including phenoxy) is 3. The summed E-state index contributed by atoms with van der Waals surface area (Å²) in [6.07, 6.45) is 3.07. The normalized spacial score (nSPS) is 18.2. The largest absolute Gasteiger partial charge is 0.493 e. The predicted molar refractivity (Wildman–Crippen MR) is 98.2 cm³/mol. The van der Waals surface area contributed by atoms with E-state index in [1.807, 2.05) is 18.2 Å². The van der Waals surface area contributed by atoms with Gasteiger partial charge in [-0.15, -0.1) is 0 Å². The lowest BCUT2D eigenvalue weighted by molar-refractivity contribution is 0.120. The van der Waals surface area contributed by atoms with Crippen molar-refractivity contribution in [3.05, 3.63) is 34.2 Å². The van der Waals surface area contributed by atoms with Crippen LogP contribution in [0.15, 0.2) is 23.0 Å². The smallest absolute Gasteiger partial charge is 0.349 e. The molecule has 4 rings (SSSR count).